The van der Waals surface area contributed by atoms with Gasteiger partial charge in [0, 0.05) is 45.4 Å². The van der Waals surface area contributed by atoms with Gasteiger partial charge in [0.25, 0.3) is 11.8 Å². The maximum absolute atomic E-state index is 14.0. The number of amides is 2. The fourth-order valence-electron chi connectivity index (χ4n) is 9.34. The van der Waals surface area contributed by atoms with E-state index in [4.69, 9.17) is 14.2 Å². The molecule has 1 N–H and O–H groups in total. The van der Waals surface area contributed by atoms with E-state index in [-0.39, 0.29) is 23.9 Å². The lowest BCUT2D eigenvalue weighted by Crippen LogP contribution is -2.47. The second-order valence-corrected chi connectivity index (χ2v) is 16.9. The molecule has 0 spiro atoms. The molecule has 0 radical (unpaired) electrons. The number of carbonyl (C=O) groups is 2. The Bertz CT molecular complexity index is 2410. The third-order valence-corrected chi connectivity index (χ3v) is 12.3. The van der Waals surface area contributed by atoms with Crippen molar-refractivity contribution in [1.29, 1.82) is 0 Å². The average Bonchev–Trinajstić information content (AvgIpc) is 3.40. The van der Waals surface area contributed by atoms with Crippen LogP contribution in [0.5, 0.6) is 17.2 Å². The van der Waals surface area contributed by atoms with Gasteiger partial charge in [-0.25, -0.2) is 0 Å². The SMILES string of the molecule is COc1cc2c(cc1OCc1cc(COc3cc4c(cc3C)C(=O)N3Cc5ccccc5C[C@H]3CN4C)cc(CC(C)C)c1)NC[C@@H]1Cc3ccccc3CN1C2=O. The standard InChI is InChI=1S/C49H52N4O5/c1-30(2)14-32-16-33(28-57-45-23-44-42(15-31(45)3)49(55)53-26-38-13-9-7-11-36(38)20-40(53)27-51(44)4)18-34(17-32)29-58-47-22-43-41(21-46(47)56-5)48(54)52-25-37-12-8-6-10-35(37)19-39(52)24-50-43/h6-13,15-18,21-23,30,39-40,50H,14,19-20,24-29H2,1-5H3/t39-,40-/m0/s1. The van der Waals surface area contributed by atoms with Gasteiger partial charge in [0.15, 0.2) is 11.5 Å². The minimum atomic E-state index is 0.000102. The molecule has 9 rings (SSSR count). The number of nitrogens with one attached hydrogen (secondary N) is 1. The summed E-state index contributed by atoms with van der Waals surface area (Å²) in [4.78, 5) is 34.2. The highest BCUT2D eigenvalue weighted by Crippen LogP contribution is 2.39. The van der Waals surface area contributed by atoms with Crippen LogP contribution >= 0.6 is 0 Å². The van der Waals surface area contributed by atoms with Crippen LogP contribution in [0.15, 0.2) is 91.0 Å². The number of likely N-dealkylation sites (N-methyl/N-ethyl adjacent to an activating group) is 1. The van der Waals surface area contributed by atoms with Crippen LogP contribution in [0.25, 0.3) is 0 Å². The molecule has 58 heavy (non-hydrogen) atoms. The van der Waals surface area contributed by atoms with Gasteiger partial charge in [0.2, 0.25) is 0 Å². The van der Waals surface area contributed by atoms with E-state index >= 15 is 0 Å². The predicted octanol–water partition coefficient (Wildman–Crippen LogP) is 8.37. The molecule has 4 heterocycles. The van der Waals surface area contributed by atoms with Gasteiger partial charge < -0.3 is 34.2 Å². The molecule has 298 valence electrons. The van der Waals surface area contributed by atoms with Crippen molar-refractivity contribution in [2.75, 3.05) is 37.5 Å². The molecule has 0 aliphatic carbocycles. The fraction of sp³-hybridized carbons (Fsp3) is 0.347. The molecular weight excluding hydrogens is 725 g/mol. The molecule has 4 aliphatic rings. The number of anilines is 2. The molecule has 0 saturated carbocycles. The van der Waals surface area contributed by atoms with Crippen molar-refractivity contribution in [2.45, 2.75) is 78.4 Å². The van der Waals surface area contributed by atoms with Crippen molar-refractivity contribution in [3.63, 3.8) is 0 Å². The zero-order valence-electron chi connectivity index (χ0n) is 34.1. The summed E-state index contributed by atoms with van der Waals surface area (Å²) in [5.74, 6) is 2.42. The molecular formula is C49H52N4O5. The van der Waals surface area contributed by atoms with E-state index in [9.17, 15) is 9.59 Å². The lowest BCUT2D eigenvalue weighted by molar-refractivity contribution is 0.0651. The van der Waals surface area contributed by atoms with Crippen molar-refractivity contribution >= 4 is 23.2 Å². The highest BCUT2D eigenvalue weighted by Gasteiger charge is 2.37. The van der Waals surface area contributed by atoms with Gasteiger partial charge in [-0.1, -0.05) is 74.5 Å². The van der Waals surface area contributed by atoms with E-state index in [0.29, 0.717) is 55.8 Å². The molecule has 0 aromatic heterocycles. The molecule has 0 saturated heterocycles. The number of carbonyl (C=O) groups excluding carboxylic acids is 2. The number of rotatable bonds is 9. The first-order chi connectivity index (χ1) is 28.1. The summed E-state index contributed by atoms with van der Waals surface area (Å²) in [7, 11) is 3.69. The third-order valence-electron chi connectivity index (χ3n) is 12.3. The monoisotopic (exact) mass is 776 g/mol. The lowest BCUT2D eigenvalue weighted by Gasteiger charge is -2.36. The average molecular weight is 777 g/mol. The van der Waals surface area contributed by atoms with E-state index in [0.717, 1.165) is 65.2 Å². The molecule has 2 atom stereocenters. The first-order valence-electron chi connectivity index (χ1n) is 20.6. The summed E-state index contributed by atoms with van der Waals surface area (Å²) in [5, 5.41) is 3.56. The number of ether oxygens (including phenoxy) is 3. The second kappa shape index (κ2) is 15.4. The van der Waals surface area contributed by atoms with Crippen molar-refractivity contribution in [3.05, 3.63) is 147 Å². The Balaban J connectivity index is 0.928. The number of hydrogen-bond donors (Lipinski definition) is 1. The summed E-state index contributed by atoms with van der Waals surface area (Å²) in [6, 6.07) is 31.4. The number of benzene rings is 5. The quantitative estimate of drug-likeness (QED) is 0.161. The molecule has 9 nitrogen and oxygen atoms in total. The second-order valence-electron chi connectivity index (χ2n) is 16.9. The largest absolute Gasteiger partial charge is 0.493 e. The molecule has 5 aromatic rings. The fourth-order valence-corrected chi connectivity index (χ4v) is 9.34. The first-order valence-corrected chi connectivity index (χ1v) is 20.6. The van der Waals surface area contributed by atoms with Crippen LogP contribution in [0.2, 0.25) is 0 Å². The van der Waals surface area contributed by atoms with E-state index in [1.807, 2.05) is 42.2 Å². The molecule has 5 aromatic carbocycles. The van der Waals surface area contributed by atoms with Gasteiger partial charge in [-0.2, -0.15) is 0 Å². The number of hydrogen-bond acceptors (Lipinski definition) is 7. The Morgan fingerprint density at radius 3 is 1.93 bits per heavy atom. The smallest absolute Gasteiger partial charge is 0.256 e. The summed E-state index contributed by atoms with van der Waals surface area (Å²) in [6.07, 6.45) is 2.59. The summed E-state index contributed by atoms with van der Waals surface area (Å²) in [6.45, 7) is 9.80. The minimum absolute atomic E-state index is 0.000102. The van der Waals surface area contributed by atoms with Crippen LogP contribution in [0.1, 0.15) is 79.1 Å². The molecule has 0 bridgehead atoms. The van der Waals surface area contributed by atoms with E-state index in [1.165, 1.54) is 27.8 Å². The van der Waals surface area contributed by atoms with Gasteiger partial charge in [-0.3, -0.25) is 9.59 Å². The summed E-state index contributed by atoms with van der Waals surface area (Å²) < 4.78 is 18.9. The predicted molar refractivity (Wildman–Crippen MR) is 227 cm³/mol. The van der Waals surface area contributed by atoms with Crippen LogP contribution in [0.3, 0.4) is 0 Å². The van der Waals surface area contributed by atoms with Crippen molar-refractivity contribution in [2.24, 2.45) is 5.92 Å². The molecule has 2 amide bonds. The molecule has 9 heteroatoms. The number of methoxy groups -OCH3 is 1. The van der Waals surface area contributed by atoms with Crippen LogP contribution in [0, 0.1) is 12.8 Å². The van der Waals surface area contributed by atoms with E-state index in [2.05, 4.69) is 96.7 Å². The first kappa shape index (κ1) is 37.6. The van der Waals surface area contributed by atoms with Gasteiger partial charge in [-0.15, -0.1) is 0 Å². The Morgan fingerprint density at radius 1 is 0.690 bits per heavy atom. The van der Waals surface area contributed by atoms with Crippen molar-refractivity contribution in [3.8, 4) is 17.2 Å². The van der Waals surface area contributed by atoms with Crippen LogP contribution in [-0.4, -0.2) is 60.9 Å². The third kappa shape index (κ3) is 7.23. The van der Waals surface area contributed by atoms with Crippen LogP contribution in [0.4, 0.5) is 11.4 Å². The topological polar surface area (TPSA) is 83.6 Å². The van der Waals surface area contributed by atoms with E-state index in [1.54, 1.807) is 7.11 Å². The van der Waals surface area contributed by atoms with Gasteiger partial charge >= 0.3 is 0 Å². The van der Waals surface area contributed by atoms with Crippen LogP contribution < -0.4 is 24.4 Å². The Hall–Kier alpha value is -5.96. The van der Waals surface area contributed by atoms with Crippen molar-refractivity contribution in [1.82, 2.24) is 9.80 Å². The lowest BCUT2D eigenvalue weighted by atomic mass is 9.93. The Kier molecular flexibility index (Phi) is 10.00. The Labute approximate surface area is 341 Å². The minimum Gasteiger partial charge on any atom is -0.493 e. The summed E-state index contributed by atoms with van der Waals surface area (Å²) >= 11 is 0. The van der Waals surface area contributed by atoms with Gasteiger partial charge in [0.1, 0.15) is 19.0 Å². The van der Waals surface area contributed by atoms with Crippen LogP contribution in [-0.2, 0) is 45.6 Å². The number of aryl methyl sites for hydroxylation is 1. The Morgan fingerprint density at radius 2 is 1.28 bits per heavy atom. The number of nitrogens with zero attached hydrogens (tertiary/aromatic N) is 3. The zero-order chi connectivity index (χ0) is 40.1. The highest BCUT2D eigenvalue weighted by atomic mass is 16.5. The maximum atomic E-state index is 14.0. The molecule has 4 aliphatic heterocycles. The normalized spacial score (nSPS) is 18.1. The highest BCUT2D eigenvalue weighted by molar-refractivity contribution is 6.02. The van der Waals surface area contributed by atoms with E-state index < -0.39 is 0 Å². The molecule has 0 unspecified atom stereocenters. The summed E-state index contributed by atoms with van der Waals surface area (Å²) in [5.41, 5.74) is 12.2. The van der Waals surface area contributed by atoms with Gasteiger partial charge in [0.05, 0.1) is 41.7 Å². The number of fused-ring (bicyclic) bond motifs is 6. The molecule has 0 fully saturated rings. The van der Waals surface area contributed by atoms with Crippen molar-refractivity contribution < 1.29 is 23.8 Å². The van der Waals surface area contributed by atoms with Gasteiger partial charge in [-0.05, 0) is 94.8 Å². The zero-order valence-corrected chi connectivity index (χ0v) is 34.1. The maximum Gasteiger partial charge on any atom is 0.256 e.